The van der Waals surface area contributed by atoms with Gasteiger partial charge in [-0.3, -0.25) is 14.2 Å². The highest BCUT2D eigenvalue weighted by Gasteiger charge is 2.23. The van der Waals surface area contributed by atoms with Gasteiger partial charge in [-0.2, -0.15) is 0 Å². The Bertz CT molecular complexity index is 913. The van der Waals surface area contributed by atoms with Crippen molar-refractivity contribution in [2.24, 2.45) is 5.92 Å². The van der Waals surface area contributed by atoms with E-state index >= 15 is 0 Å². The van der Waals surface area contributed by atoms with Crippen molar-refractivity contribution in [2.45, 2.75) is 53.0 Å². The Morgan fingerprint density at radius 2 is 1.80 bits per heavy atom. The average molecular weight is 340 g/mol. The summed E-state index contributed by atoms with van der Waals surface area (Å²) in [6, 6.07) is 5.55. The van der Waals surface area contributed by atoms with Gasteiger partial charge in [0.15, 0.2) is 0 Å². The van der Waals surface area contributed by atoms with Gasteiger partial charge in [0.25, 0.3) is 5.56 Å². The molecule has 2 aromatic rings. The standard InChI is InChI=1S/C20H24N2O3/c1-4-16-17(18(23)15-9-12(2)8-13(3)10-15)21-20(25)22(19(16)24)11-14-6-5-7-14/h8-10,14H,4-7,11H2,1-3H3,(H,21,25). The van der Waals surface area contributed by atoms with Crippen molar-refractivity contribution >= 4 is 5.78 Å². The lowest BCUT2D eigenvalue weighted by Crippen LogP contribution is -2.42. The number of aryl methyl sites for hydroxylation is 2. The highest BCUT2D eigenvalue weighted by molar-refractivity contribution is 6.08. The predicted molar refractivity (Wildman–Crippen MR) is 97.4 cm³/mol. The van der Waals surface area contributed by atoms with E-state index in [2.05, 4.69) is 4.98 Å². The number of nitrogens with one attached hydrogen (secondary N) is 1. The number of nitrogens with zero attached hydrogens (tertiary/aromatic N) is 1. The van der Waals surface area contributed by atoms with Gasteiger partial charge in [0.2, 0.25) is 5.78 Å². The van der Waals surface area contributed by atoms with Crippen molar-refractivity contribution in [1.82, 2.24) is 9.55 Å². The van der Waals surface area contributed by atoms with Crippen LogP contribution in [0.25, 0.3) is 0 Å². The molecule has 0 atom stereocenters. The van der Waals surface area contributed by atoms with E-state index in [0.717, 1.165) is 30.4 Å². The molecule has 1 aromatic heterocycles. The van der Waals surface area contributed by atoms with E-state index < -0.39 is 5.69 Å². The van der Waals surface area contributed by atoms with Crippen molar-refractivity contribution in [3.63, 3.8) is 0 Å². The average Bonchev–Trinajstić information content (AvgIpc) is 2.51. The predicted octanol–water partition coefficient (Wildman–Crippen LogP) is 2.75. The van der Waals surface area contributed by atoms with Crippen LogP contribution in [0.1, 0.15) is 58.9 Å². The van der Waals surface area contributed by atoms with Crippen LogP contribution in [-0.4, -0.2) is 15.3 Å². The second-order valence-corrected chi connectivity index (χ2v) is 7.06. The molecule has 0 unspecified atom stereocenters. The molecule has 5 nitrogen and oxygen atoms in total. The maximum absolute atomic E-state index is 12.9. The Labute approximate surface area is 146 Å². The van der Waals surface area contributed by atoms with Crippen LogP contribution in [0, 0.1) is 19.8 Å². The molecule has 0 aliphatic heterocycles. The minimum Gasteiger partial charge on any atom is -0.303 e. The minimum absolute atomic E-state index is 0.132. The van der Waals surface area contributed by atoms with Crippen LogP contribution in [0.5, 0.6) is 0 Å². The molecule has 1 N–H and O–H groups in total. The molecule has 1 aliphatic rings. The van der Waals surface area contributed by atoms with Crippen molar-refractivity contribution in [2.75, 3.05) is 0 Å². The number of carbonyl (C=O) groups is 1. The van der Waals surface area contributed by atoms with Crippen molar-refractivity contribution < 1.29 is 4.79 Å². The van der Waals surface area contributed by atoms with E-state index in [-0.39, 0.29) is 17.0 Å². The zero-order valence-electron chi connectivity index (χ0n) is 15.0. The molecule has 1 saturated carbocycles. The zero-order valence-corrected chi connectivity index (χ0v) is 15.0. The summed E-state index contributed by atoms with van der Waals surface area (Å²) in [5.74, 6) is 0.0955. The molecule has 5 heteroatoms. The second kappa shape index (κ2) is 6.82. The Balaban J connectivity index is 2.08. The van der Waals surface area contributed by atoms with E-state index in [1.165, 1.54) is 4.57 Å². The van der Waals surface area contributed by atoms with Crippen molar-refractivity contribution in [1.29, 1.82) is 0 Å². The fraction of sp³-hybridized carbons (Fsp3) is 0.450. The number of aromatic amines is 1. The summed E-state index contributed by atoms with van der Waals surface area (Å²) >= 11 is 0. The van der Waals surface area contributed by atoms with Gasteiger partial charge < -0.3 is 4.98 Å². The lowest BCUT2D eigenvalue weighted by molar-refractivity contribution is 0.103. The molecule has 3 rings (SSSR count). The molecule has 0 saturated heterocycles. The van der Waals surface area contributed by atoms with Gasteiger partial charge in [-0.05, 0) is 51.2 Å². The highest BCUT2D eigenvalue weighted by Crippen LogP contribution is 2.27. The summed E-state index contributed by atoms with van der Waals surface area (Å²) in [7, 11) is 0. The molecule has 0 radical (unpaired) electrons. The van der Waals surface area contributed by atoms with Gasteiger partial charge >= 0.3 is 5.69 Å². The Morgan fingerprint density at radius 3 is 2.32 bits per heavy atom. The normalized spacial score (nSPS) is 14.4. The number of aromatic nitrogens is 2. The minimum atomic E-state index is -0.484. The first-order valence-electron chi connectivity index (χ1n) is 8.89. The number of carbonyl (C=O) groups excluding carboxylic acids is 1. The lowest BCUT2D eigenvalue weighted by atomic mass is 9.85. The van der Waals surface area contributed by atoms with Gasteiger partial charge in [0, 0.05) is 17.7 Å². The van der Waals surface area contributed by atoms with Crippen LogP contribution in [0.2, 0.25) is 0 Å². The molecule has 1 aromatic carbocycles. The number of rotatable bonds is 5. The van der Waals surface area contributed by atoms with Crippen LogP contribution in [0.3, 0.4) is 0 Å². The SMILES string of the molecule is CCc1c(C(=O)c2cc(C)cc(C)c2)[nH]c(=O)n(CC2CCC2)c1=O. The quantitative estimate of drug-likeness (QED) is 0.851. The van der Waals surface area contributed by atoms with Crippen molar-refractivity contribution in [3.05, 3.63) is 67.0 Å². The summed E-state index contributed by atoms with van der Waals surface area (Å²) in [6.45, 7) is 6.12. The molecule has 0 spiro atoms. The fourth-order valence-corrected chi connectivity index (χ4v) is 3.48. The number of hydrogen-bond donors (Lipinski definition) is 1. The van der Waals surface area contributed by atoms with Crippen LogP contribution in [0.4, 0.5) is 0 Å². The third-order valence-corrected chi connectivity index (χ3v) is 5.01. The topological polar surface area (TPSA) is 71.9 Å². The molecule has 1 aliphatic carbocycles. The summed E-state index contributed by atoms with van der Waals surface area (Å²) in [6.07, 6.45) is 3.67. The summed E-state index contributed by atoms with van der Waals surface area (Å²) in [4.78, 5) is 40.8. The van der Waals surface area contributed by atoms with E-state index in [0.29, 0.717) is 30.0 Å². The van der Waals surface area contributed by atoms with E-state index in [4.69, 9.17) is 0 Å². The molecule has 0 amide bonds. The molecular formula is C20H24N2O3. The first-order valence-corrected chi connectivity index (χ1v) is 8.89. The van der Waals surface area contributed by atoms with E-state index in [1.807, 2.05) is 26.8 Å². The van der Waals surface area contributed by atoms with Gasteiger partial charge in [0.1, 0.15) is 0 Å². The smallest absolute Gasteiger partial charge is 0.303 e. The summed E-state index contributed by atoms with van der Waals surface area (Å²) in [5.41, 5.74) is 2.16. The first-order chi connectivity index (χ1) is 11.9. The highest BCUT2D eigenvalue weighted by atomic mass is 16.2. The molecule has 0 bridgehead atoms. The third kappa shape index (κ3) is 3.36. The van der Waals surface area contributed by atoms with Gasteiger partial charge in [-0.15, -0.1) is 0 Å². The van der Waals surface area contributed by atoms with Crippen molar-refractivity contribution in [3.8, 4) is 0 Å². The Kier molecular flexibility index (Phi) is 4.75. The maximum Gasteiger partial charge on any atom is 0.328 e. The second-order valence-electron chi connectivity index (χ2n) is 7.06. The fourth-order valence-electron chi connectivity index (χ4n) is 3.48. The zero-order chi connectivity index (χ0) is 18.1. The largest absolute Gasteiger partial charge is 0.328 e. The Morgan fingerprint density at radius 1 is 1.16 bits per heavy atom. The van der Waals surface area contributed by atoms with Gasteiger partial charge in [-0.25, -0.2) is 4.79 Å². The van der Waals surface area contributed by atoms with Crippen LogP contribution in [0.15, 0.2) is 27.8 Å². The maximum atomic E-state index is 12.9. The van der Waals surface area contributed by atoms with Gasteiger partial charge in [-0.1, -0.05) is 30.5 Å². The number of benzene rings is 1. The van der Waals surface area contributed by atoms with Crippen LogP contribution < -0.4 is 11.2 Å². The van der Waals surface area contributed by atoms with Crippen LogP contribution >= 0.6 is 0 Å². The lowest BCUT2D eigenvalue weighted by Gasteiger charge is -2.25. The third-order valence-electron chi connectivity index (χ3n) is 5.01. The number of H-pyrrole nitrogens is 1. The molecule has 132 valence electrons. The molecule has 25 heavy (non-hydrogen) atoms. The molecule has 1 fully saturated rings. The molecular weight excluding hydrogens is 316 g/mol. The molecule has 1 heterocycles. The van der Waals surface area contributed by atoms with E-state index in [1.54, 1.807) is 12.1 Å². The van der Waals surface area contributed by atoms with Gasteiger partial charge in [0.05, 0.1) is 5.69 Å². The summed E-state index contributed by atoms with van der Waals surface area (Å²) in [5, 5.41) is 0. The van der Waals surface area contributed by atoms with Crippen LogP contribution in [-0.2, 0) is 13.0 Å². The van der Waals surface area contributed by atoms with E-state index in [9.17, 15) is 14.4 Å². The number of ketones is 1. The summed E-state index contributed by atoms with van der Waals surface area (Å²) < 4.78 is 1.26. The Hall–Kier alpha value is -2.43. The number of hydrogen-bond acceptors (Lipinski definition) is 3. The monoisotopic (exact) mass is 340 g/mol. The first kappa shape index (κ1) is 17.4.